The molecule has 2 N–H and O–H groups in total. The van der Waals surface area contributed by atoms with Gasteiger partial charge < -0.3 is 10.4 Å². The van der Waals surface area contributed by atoms with Crippen LogP contribution in [0.3, 0.4) is 0 Å². The summed E-state index contributed by atoms with van der Waals surface area (Å²) in [7, 11) is 0. The first-order valence-corrected chi connectivity index (χ1v) is 6.15. The van der Waals surface area contributed by atoms with Crippen molar-refractivity contribution in [1.29, 1.82) is 0 Å². The zero-order chi connectivity index (χ0) is 13.5. The zero-order valence-corrected chi connectivity index (χ0v) is 10.8. The molecule has 4 heteroatoms. The Morgan fingerprint density at radius 2 is 1.89 bits per heavy atom. The number of hydrogen-bond acceptors (Lipinski definition) is 2. The van der Waals surface area contributed by atoms with Crippen molar-refractivity contribution < 1.29 is 14.7 Å². The quantitative estimate of drug-likeness (QED) is 0.813. The molecule has 0 aliphatic heterocycles. The van der Waals surface area contributed by atoms with E-state index >= 15 is 0 Å². The Hall–Kier alpha value is -1.84. The SMILES string of the molecule is CCCC[C@H](NC(=O)c1ccc(C)cc1)C(=O)O. The highest BCUT2D eigenvalue weighted by Gasteiger charge is 2.19. The Balaban J connectivity index is 2.66. The van der Waals surface area contributed by atoms with Gasteiger partial charge in [-0.05, 0) is 25.5 Å². The molecule has 4 nitrogen and oxygen atoms in total. The Kier molecular flexibility index (Phi) is 5.36. The van der Waals surface area contributed by atoms with E-state index < -0.39 is 12.0 Å². The fraction of sp³-hybridized carbons (Fsp3) is 0.429. The summed E-state index contributed by atoms with van der Waals surface area (Å²) in [6, 6.07) is 6.25. The van der Waals surface area contributed by atoms with Gasteiger partial charge in [-0.15, -0.1) is 0 Å². The molecule has 0 aliphatic carbocycles. The van der Waals surface area contributed by atoms with Crippen LogP contribution in [0.5, 0.6) is 0 Å². The van der Waals surface area contributed by atoms with Crippen molar-refractivity contribution in [3.8, 4) is 0 Å². The van der Waals surface area contributed by atoms with Crippen LogP contribution in [0, 0.1) is 6.92 Å². The molecule has 0 saturated carbocycles. The number of aliphatic carboxylic acids is 1. The van der Waals surface area contributed by atoms with Gasteiger partial charge >= 0.3 is 5.97 Å². The van der Waals surface area contributed by atoms with Crippen LogP contribution in [0.2, 0.25) is 0 Å². The van der Waals surface area contributed by atoms with Crippen molar-refractivity contribution in [2.75, 3.05) is 0 Å². The van der Waals surface area contributed by atoms with Crippen molar-refractivity contribution in [2.45, 2.75) is 39.2 Å². The first-order valence-electron chi connectivity index (χ1n) is 6.15. The largest absolute Gasteiger partial charge is 0.480 e. The molecular weight excluding hydrogens is 230 g/mol. The molecule has 0 spiro atoms. The van der Waals surface area contributed by atoms with E-state index in [9.17, 15) is 9.59 Å². The normalized spacial score (nSPS) is 11.9. The highest BCUT2D eigenvalue weighted by molar-refractivity contribution is 5.96. The summed E-state index contributed by atoms with van der Waals surface area (Å²) in [6.45, 7) is 3.92. The van der Waals surface area contributed by atoms with Crippen LogP contribution in [-0.2, 0) is 4.79 Å². The van der Waals surface area contributed by atoms with Gasteiger partial charge in [0.1, 0.15) is 6.04 Å². The number of nitrogens with one attached hydrogen (secondary N) is 1. The second-order valence-electron chi connectivity index (χ2n) is 4.37. The second-order valence-corrected chi connectivity index (χ2v) is 4.37. The lowest BCUT2D eigenvalue weighted by molar-refractivity contribution is -0.139. The number of carbonyl (C=O) groups is 2. The van der Waals surface area contributed by atoms with E-state index in [1.807, 2.05) is 26.0 Å². The maximum absolute atomic E-state index is 11.9. The summed E-state index contributed by atoms with van der Waals surface area (Å²) >= 11 is 0. The minimum atomic E-state index is -0.982. The number of carboxylic acid groups (broad SMARTS) is 1. The second kappa shape index (κ2) is 6.79. The molecule has 1 amide bonds. The number of amides is 1. The van der Waals surface area contributed by atoms with Crippen LogP contribution in [-0.4, -0.2) is 23.0 Å². The van der Waals surface area contributed by atoms with E-state index in [-0.39, 0.29) is 5.91 Å². The molecular formula is C14H19NO3. The van der Waals surface area contributed by atoms with Crippen LogP contribution in [0.25, 0.3) is 0 Å². The Labute approximate surface area is 107 Å². The van der Waals surface area contributed by atoms with Crippen LogP contribution in [0.4, 0.5) is 0 Å². The summed E-state index contributed by atoms with van der Waals surface area (Å²) in [6.07, 6.45) is 2.15. The maximum Gasteiger partial charge on any atom is 0.326 e. The molecule has 0 aliphatic rings. The molecule has 98 valence electrons. The summed E-state index contributed by atoms with van der Waals surface area (Å²) in [5, 5.41) is 11.6. The molecule has 1 aromatic carbocycles. The van der Waals surface area contributed by atoms with Gasteiger partial charge in [-0.1, -0.05) is 37.5 Å². The fourth-order valence-corrected chi connectivity index (χ4v) is 1.61. The molecule has 0 bridgehead atoms. The maximum atomic E-state index is 11.9. The highest BCUT2D eigenvalue weighted by Crippen LogP contribution is 2.06. The molecule has 1 atom stereocenters. The monoisotopic (exact) mass is 249 g/mol. The van der Waals surface area contributed by atoms with Crippen molar-refractivity contribution in [2.24, 2.45) is 0 Å². The molecule has 0 aromatic heterocycles. The lowest BCUT2D eigenvalue weighted by atomic mass is 10.1. The highest BCUT2D eigenvalue weighted by atomic mass is 16.4. The Bertz CT molecular complexity index is 412. The first-order chi connectivity index (χ1) is 8.54. The first kappa shape index (κ1) is 14.2. The van der Waals surface area contributed by atoms with Crippen LogP contribution >= 0.6 is 0 Å². The number of carbonyl (C=O) groups excluding carboxylic acids is 1. The molecule has 0 saturated heterocycles. The fourth-order valence-electron chi connectivity index (χ4n) is 1.61. The molecule has 0 unspecified atom stereocenters. The van der Waals surface area contributed by atoms with Gasteiger partial charge in [-0.25, -0.2) is 4.79 Å². The number of carboxylic acids is 1. The van der Waals surface area contributed by atoms with Gasteiger partial charge in [0.2, 0.25) is 0 Å². The Morgan fingerprint density at radius 3 is 2.39 bits per heavy atom. The van der Waals surface area contributed by atoms with E-state index in [0.29, 0.717) is 12.0 Å². The lowest BCUT2D eigenvalue weighted by Crippen LogP contribution is -2.40. The molecule has 0 heterocycles. The van der Waals surface area contributed by atoms with E-state index in [1.165, 1.54) is 0 Å². The number of rotatable bonds is 6. The number of benzene rings is 1. The Morgan fingerprint density at radius 1 is 1.28 bits per heavy atom. The van der Waals surface area contributed by atoms with Gasteiger partial charge in [0.25, 0.3) is 5.91 Å². The molecule has 0 fully saturated rings. The predicted molar refractivity (Wildman–Crippen MR) is 69.6 cm³/mol. The summed E-state index contributed by atoms with van der Waals surface area (Å²) in [5.41, 5.74) is 1.55. The van der Waals surface area contributed by atoms with E-state index in [1.54, 1.807) is 12.1 Å². The van der Waals surface area contributed by atoms with Crippen molar-refractivity contribution in [3.63, 3.8) is 0 Å². The minimum absolute atomic E-state index is 0.335. The van der Waals surface area contributed by atoms with E-state index in [4.69, 9.17) is 5.11 Å². The standard InChI is InChI=1S/C14H19NO3/c1-3-4-5-12(14(17)18)15-13(16)11-8-6-10(2)7-9-11/h6-9,12H,3-5H2,1-2H3,(H,15,16)(H,17,18)/t12-/m0/s1. The van der Waals surface area contributed by atoms with E-state index in [0.717, 1.165) is 18.4 Å². The van der Waals surface area contributed by atoms with Crippen LogP contribution in [0.1, 0.15) is 42.1 Å². The van der Waals surface area contributed by atoms with Gasteiger partial charge in [0.15, 0.2) is 0 Å². The van der Waals surface area contributed by atoms with Gasteiger partial charge in [-0.2, -0.15) is 0 Å². The lowest BCUT2D eigenvalue weighted by Gasteiger charge is -2.14. The predicted octanol–water partition coefficient (Wildman–Crippen LogP) is 2.37. The van der Waals surface area contributed by atoms with Gasteiger partial charge in [-0.3, -0.25) is 4.79 Å². The summed E-state index contributed by atoms with van der Waals surface area (Å²) < 4.78 is 0. The smallest absolute Gasteiger partial charge is 0.326 e. The number of unbranched alkanes of at least 4 members (excludes halogenated alkanes) is 1. The molecule has 0 radical (unpaired) electrons. The van der Waals surface area contributed by atoms with Gasteiger partial charge in [0, 0.05) is 5.56 Å². The third kappa shape index (κ3) is 4.20. The van der Waals surface area contributed by atoms with E-state index in [2.05, 4.69) is 5.32 Å². The van der Waals surface area contributed by atoms with Crippen molar-refractivity contribution >= 4 is 11.9 Å². The van der Waals surface area contributed by atoms with Crippen LogP contribution in [0.15, 0.2) is 24.3 Å². The average molecular weight is 249 g/mol. The average Bonchev–Trinajstić information content (AvgIpc) is 2.34. The summed E-state index contributed by atoms with van der Waals surface area (Å²) in [4.78, 5) is 22.9. The number of aryl methyl sites for hydroxylation is 1. The zero-order valence-electron chi connectivity index (χ0n) is 10.8. The topological polar surface area (TPSA) is 66.4 Å². The molecule has 18 heavy (non-hydrogen) atoms. The molecule has 1 aromatic rings. The van der Waals surface area contributed by atoms with Crippen molar-refractivity contribution in [3.05, 3.63) is 35.4 Å². The summed E-state index contributed by atoms with van der Waals surface area (Å²) in [5.74, 6) is -1.32. The number of hydrogen-bond donors (Lipinski definition) is 2. The third-order valence-electron chi connectivity index (χ3n) is 2.76. The third-order valence-corrected chi connectivity index (χ3v) is 2.76. The molecule has 1 rings (SSSR count). The van der Waals surface area contributed by atoms with Gasteiger partial charge in [0.05, 0.1) is 0 Å². The van der Waals surface area contributed by atoms with Crippen LogP contribution < -0.4 is 5.32 Å². The minimum Gasteiger partial charge on any atom is -0.480 e. The van der Waals surface area contributed by atoms with Crippen molar-refractivity contribution in [1.82, 2.24) is 5.32 Å².